The van der Waals surface area contributed by atoms with Crippen LogP contribution in [0.5, 0.6) is 0 Å². The van der Waals surface area contributed by atoms with E-state index in [1.807, 2.05) is 0 Å². The van der Waals surface area contributed by atoms with Crippen molar-refractivity contribution in [3.05, 3.63) is 301 Å². The minimum atomic E-state index is -0.160. The van der Waals surface area contributed by atoms with Crippen molar-refractivity contribution in [1.82, 2.24) is 0 Å². The summed E-state index contributed by atoms with van der Waals surface area (Å²) in [5.74, 6) is 0. The van der Waals surface area contributed by atoms with E-state index in [2.05, 4.69) is 307 Å². The predicted molar refractivity (Wildman–Crippen MR) is 363 cm³/mol. The van der Waals surface area contributed by atoms with Crippen molar-refractivity contribution in [3.63, 3.8) is 0 Å². The normalized spacial score (nSPS) is 13.8. The molecule has 14 aromatic rings. The summed E-state index contributed by atoms with van der Waals surface area (Å²) in [5.41, 5.74) is 38.6. The molecule has 0 heterocycles. The van der Waals surface area contributed by atoms with E-state index in [4.69, 9.17) is 0 Å². The first kappa shape index (κ1) is 49.1. The van der Waals surface area contributed by atoms with Gasteiger partial charge in [0.2, 0.25) is 0 Å². The number of hydrogen-bond acceptors (Lipinski definition) is 0. The Bertz CT molecular complexity index is 5210. The lowest BCUT2D eigenvalue weighted by Crippen LogP contribution is -2.15. The predicted octanol–water partition coefficient (Wildman–Crippen LogP) is 23.6. The average Bonchev–Trinajstić information content (AvgIpc) is 1.85. The SMILES string of the molecule is CC1(C)c2cc(-c3ccc(-c4ccc(-c5ccc(-c6ccc7c(c6)-c6cccc8cccc-7c68)cc5)cc4)cc3)ccc2-c2ccc(-c3ccc4c(c3)C(C)(C)c3cc(-c5ccc(-c6ccc7c(c6)-c6cccc8cccc-7c68)cc5)ccc3-4)cc21. The Balaban J connectivity index is 0.560. The van der Waals surface area contributed by atoms with Crippen molar-refractivity contribution in [1.29, 1.82) is 0 Å². The maximum atomic E-state index is 2.47. The first-order chi connectivity index (χ1) is 42.1. The monoisotopic (exact) mass is 1090 g/mol. The van der Waals surface area contributed by atoms with Gasteiger partial charge in [0.25, 0.3) is 0 Å². The fourth-order valence-corrected chi connectivity index (χ4v) is 15.6. The fraction of sp³-hybridized carbons (Fsp3) is 0.0698. The number of benzene rings is 14. The zero-order chi connectivity index (χ0) is 57.2. The van der Waals surface area contributed by atoms with E-state index in [1.54, 1.807) is 0 Å². The van der Waals surface area contributed by atoms with Crippen molar-refractivity contribution in [2.45, 2.75) is 38.5 Å². The quantitative estimate of drug-likeness (QED) is 0.149. The lowest BCUT2D eigenvalue weighted by molar-refractivity contribution is 0.660. The van der Waals surface area contributed by atoms with Crippen LogP contribution in [0.3, 0.4) is 0 Å². The van der Waals surface area contributed by atoms with E-state index in [-0.39, 0.29) is 10.8 Å². The molecule has 0 spiro atoms. The molecule has 0 unspecified atom stereocenters. The smallest absolute Gasteiger partial charge is 0.0159 e. The topological polar surface area (TPSA) is 0 Å². The summed E-state index contributed by atoms with van der Waals surface area (Å²) < 4.78 is 0. The van der Waals surface area contributed by atoms with Crippen LogP contribution in [0.4, 0.5) is 0 Å². The van der Waals surface area contributed by atoms with Crippen molar-refractivity contribution in [3.8, 4) is 145 Å². The number of rotatable bonds is 7. The highest BCUT2D eigenvalue weighted by atomic mass is 14.4. The molecule has 402 valence electrons. The second-order valence-corrected chi connectivity index (χ2v) is 25.5. The van der Waals surface area contributed by atoms with Crippen LogP contribution in [0.15, 0.2) is 279 Å². The number of hydrogen-bond donors (Lipinski definition) is 0. The van der Waals surface area contributed by atoms with Crippen molar-refractivity contribution in [2.75, 3.05) is 0 Å². The van der Waals surface area contributed by atoms with Crippen LogP contribution in [0, 0.1) is 0 Å². The lowest BCUT2D eigenvalue weighted by atomic mass is 9.79. The van der Waals surface area contributed by atoms with Crippen LogP contribution in [0.25, 0.3) is 166 Å². The summed E-state index contributed by atoms with van der Waals surface area (Å²) in [6, 6.07) is 106. The van der Waals surface area contributed by atoms with E-state index in [9.17, 15) is 0 Å². The molecular weight excluding hydrogens is 1030 g/mol. The molecule has 4 aliphatic carbocycles. The van der Waals surface area contributed by atoms with Gasteiger partial charge in [0.05, 0.1) is 0 Å². The Morgan fingerprint density at radius 3 is 0.628 bits per heavy atom. The van der Waals surface area contributed by atoms with Crippen LogP contribution in [-0.2, 0) is 10.8 Å². The molecule has 4 aliphatic rings. The van der Waals surface area contributed by atoms with Gasteiger partial charge in [0.15, 0.2) is 0 Å². The Morgan fingerprint density at radius 1 is 0.163 bits per heavy atom. The van der Waals surface area contributed by atoms with Gasteiger partial charge in [-0.25, -0.2) is 0 Å². The molecule has 0 fully saturated rings. The molecule has 86 heavy (non-hydrogen) atoms. The minimum Gasteiger partial charge on any atom is -0.0610 e. The molecule has 0 radical (unpaired) electrons. The van der Waals surface area contributed by atoms with Gasteiger partial charge in [-0.05, 0) is 225 Å². The fourth-order valence-electron chi connectivity index (χ4n) is 15.6. The summed E-state index contributed by atoms with van der Waals surface area (Å²) >= 11 is 0. The third-order valence-corrected chi connectivity index (χ3v) is 20.2. The molecular formula is C86H58. The van der Waals surface area contributed by atoms with Gasteiger partial charge in [-0.2, -0.15) is 0 Å². The average molecular weight is 1090 g/mol. The lowest BCUT2D eigenvalue weighted by Gasteiger charge is -2.24. The maximum Gasteiger partial charge on any atom is 0.0159 e. The highest BCUT2D eigenvalue weighted by Gasteiger charge is 2.38. The summed E-state index contributed by atoms with van der Waals surface area (Å²) in [6.45, 7) is 9.61. The van der Waals surface area contributed by atoms with Gasteiger partial charge in [-0.3, -0.25) is 0 Å². The van der Waals surface area contributed by atoms with Gasteiger partial charge in [-0.1, -0.05) is 270 Å². The Hall–Kier alpha value is -10.4. The van der Waals surface area contributed by atoms with Crippen LogP contribution >= 0.6 is 0 Å². The summed E-state index contributed by atoms with van der Waals surface area (Å²) in [5, 5.41) is 5.36. The highest BCUT2D eigenvalue weighted by Crippen LogP contribution is 2.55. The van der Waals surface area contributed by atoms with Crippen LogP contribution in [0.2, 0.25) is 0 Å². The van der Waals surface area contributed by atoms with Gasteiger partial charge >= 0.3 is 0 Å². The van der Waals surface area contributed by atoms with E-state index in [1.165, 1.54) is 188 Å². The summed E-state index contributed by atoms with van der Waals surface area (Å²) in [7, 11) is 0. The van der Waals surface area contributed by atoms with Crippen LogP contribution in [-0.4, -0.2) is 0 Å². The summed E-state index contributed by atoms with van der Waals surface area (Å²) in [4.78, 5) is 0. The highest BCUT2D eigenvalue weighted by molar-refractivity contribution is 6.17. The van der Waals surface area contributed by atoms with E-state index < -0.39 is 0 Å². The molecule has 0 saturated carbocycles. The second kappa shape index (κ2) is 18.1. The zero-order valence-corrected chi connectivity index (χ0v) is 48.6. The molecule has 0 atom stereocenters. The second-order valence-electron chi connectivity index (χ2n) is 25.5. The molecule has 0 amide bonds. The Kier molecular flexibility index (Phi) is 10.3. The third-order valence-electron chi connectivity index (χ3n) is 20.2. The van der Waals surface area contributed by atoms with Crippen molar-refractivity contribution in [2.24, 2.45) is 0 Å². The minimum absolute atomic E-state index is 0.156. The first-order valence-corrected chi connectivity index (χ1v) is 30.4. The third kappa shape index (κ3) is 7.23. The van der Waals surface area contributed by atoms with Crippen LogP contribution in [0.1, 0.15) is 49.9 Å². The Morgan fingerprint density at radius 2 is 0.360 bits per heavy atom. The standard InChI is InChI=1S/C86H58/c1-85(2)79-47-63(57-27-23-54(24-28-57)52-19-17-51(18-20-52)53-21-25-55(26-22-53)61-33-39-67-73-13-5-9-59-11-7-15-75(83(59)73)77(67)45-61)35-41-69(79)71-43-37-65(49-81(71)85)66-38-44-72-70-42-36-64(48-80(70)86(3,4)82(72)50-66)58-31-29-56(30-32-58)62-34-40-68-74-14-6-10-60-12-8-16-76(84(60)74)78(68)46-62/h5-50H,1-4H3. The van der Waals surface area contributed by atoms with E-state index in [0.717, 1.165) is 0 Å². The van der Waals surface area contributed by atoms with Gasteiger partial charge in [0.1, 0.15) is 0 Å². The first-order valence-electron chi connectivity index (χ1n) is 30.4. The molecule has 0 bridgehead atoms. The molecule has 0 aromatic heterocycles. The van der Waals surface area contributed by atoms with Gasteiger partial charge < -0.3 is 0 Å². The van der Waals surface area contributed by atoms with Gasteiger partial charge in [-0.15, -0.1) is 0 Å². The molecule has 18 rings (SSSR count). The van der Waals surface area contributed by atoms with Crippen LogP contribution < -0.4 is 0 Å². The van der Waals surface area contributed by atoms with Gasteiger partial charge in [0, 0.05) is 10.8 Å². The zero-order valence-electron chi connectivity index (χ0n) is 48.6. The largest absolute Gasteiger partial charge is 0.0610 e. The summed E-state index contributed by atoms with van der Waals surface area (Å²) in [6.07, 6.45) is 0. The Labute approximate surface area is 503 Å². The van der Waals surface area contributed by atoms with Crippen molar-refractivity contribution < 1.29 is 0 Å². The maximum absolute atomic E-state index is 2.47. The molecule has 14 aromatic carbocycles. The molecule has 0 heteroatoms. The molecule has 0 aliphatic heterocycles. The van der Waals surface area contributed by atoms with Crippen molar-refractivity contribution >= 4 is 21.5 Å². The molecule has 0 N–H and O–H groups in total. The van der Waals surface area contributed by atoms with E-state index in [0.29, 0.717) is 0 Å². The molecule has 0 saturated heterocycles. The molecule has 0 nitrogen and oxygen atoms in total. The number of fused-ring (bicyclic) bond motifs is 12. The van der Waals surface area contributed by atoms with E-state index >= 15 is 0 Å².